The predicted molar refractivity (Wildman–Crippen MR) is 76.2 cm³/mol. The van der Waals surface area contributed by atoms with Gasteiger partial charge in [-0.3, -0.25) is 10.1 Å². The smallest absolute Gasteiger partial charge is 0.241 e. The second-order valence-electron chi connectivity index (χ2n) is 6.38. The van der Waals surface area contributed by atoms with Gasteiger partial charge in [-0.15, -0.1) is 0 Å². The van der Waals surface area contributed by atoms with Crippen LogP contribution in [0.3, 0.4) is 0 Å². The lowest BCUT2D eigenvalue weighted by atomic mass is 10.0. The standard InChI is InChI=1S/C15H30N2O/c1-7-13-16-14(11(4)5)15(18)17(13)12(6)9-8-10(2)3/h10-14,16H,7-9H2,1-6H3. The van der Waals surface area contributed by atoms with Gasteiger partial charge in [0.25, 0.3) is 0 Å². The van der Waals surface area contributed by atoms with Gasteiger partial charge in [-0.2, -0.15) is 0 Å². The number of nitrogens with one attached hydrogen (secondary N) is 1. The van der Waals surface area contributed by atoms with Crippen molar-refractivity contribution in [1.29, 1.82) is 0 Å². The zero-order valence-electron chi connectivity index (χ0n) is 12.9. The lowest BCUT2D eigenvalue weighted by Crippen LogP contribution is -2.43. The molecule has 0 spiro atoms. The third-order valence-electron chi connectivity index (χ3n) is 3.92. The second kappa shape index (κ2) is 6.55. The van der Waals surface area contributed by atoms with E-state index in [0.717, 1.165) is 12.8 Å². The van der Waals surface area contributed by atoms with Gasteiger partial charge in [0.2, 0.25) is 5.91 Å². The quantitative estimate of drug-likeness (QED) is 0.790. The summed E-state index contributed by atoms with van der Waals surface area (Å²) in [6, 6.07) is 0.359. The molecule has 3 heteroatoms. The van der Waals surface area contributed by atoms with E-state index in [2.05, 4.69) is 51.8 Å². The number of hydrogen-bond donors (Lipinski definition) is 1. The van der Waals surface area contributed by atoms with Gasteiger partial charge in [0.1, 0.15) is 0 Å². The highest BCUT2D eigenvalue weighted by Crippen LogP contribution is 2.24. The molecule has 18 heavy (non-hydrogen) atoms. The Hall–Kier alpha value is -0.570. The van der Waals surface area contributed by atoms with Crippen LogP contribution in [0.1, 0.15) is 60.8 Å². The Morgan fingerprint density at radius 3 is 2.22 bits per heavy atom. The topological polar surface area (TPSA) is 32.3 Å². The predicted octanol–water partition coefficient (Wildman–Crippen LogP) is 3.00. The number of rotatable bonds is 6. The van der Waals surface area contributed by atoms with Gasteiger partial charge in [0.15, 0.2) is 0 Å². The number of carbonyl (C=O) groups excluding carboxylic acids is 1. The monoisotopic (exact) mass is 254 g/mol. The maximum atomic E-state index is 12.5. The van der Waals surface area contributed by atoms with Gasteiger partial charge in [0, 0.05) is 6.04 Å². The van der Waals surface area contributed by atoms with E-state index >= 15 is 0 Å². The van der Waals surface area contributed by atoms with Crippen LogP contribution in [-0.4, -0.2) is 29.1 Å². The Morgan fingerprint density at radius 1 is 1.17 bits per heavy atom. The number of hydrogen-bond acceptors (Lipinski definition) is 2. The molecule has 1 saturated heterocycles. The molecule has 0 radical (unpaired) electrons. The molecule has 1 N–H and O–H groups in total. The van der Waals surface area contributed by atoms with E-state index in [-0.39, 0.29) is 12.2 Å². The van der Waals surface area contributed by atoms with Crippen molar-refractivity contribution in [3.8, 4) is 0 Å². The number of carbonyl (C=O) groups is 1. The van der Waals surface area contributed by atoms with Gasteiger partial charge in [-0.1, -0.05) is 34.6 Å². The highest BCUT2D eigenvalue weighted by molar-refractivity contribution is 5.84. The average molecular weight is 254 g/mol. The summed E-state index contributed by atoms with van der Waals surface area (Å²) in [6.07, 6.45) is 3.51. The normalized spacial score (nSPS) is 26.4. The van der Waals surface area contributed by atoms with E-state index in [1.807, 2.05) is 0 Å². The Bertz CT molecular complexity index is 276. The van der Waals surface area contributed by atoms with Crippen LogP contribution in [0.5, 0.6) is 0 Å². The van der Waals surface area contributed by atoms with Crippen molar-refractivity contribution < 1.29 is 4.79 Å². The van der Waals surface area contributed by atoms with Crippen LogP contribution in [0.15, 0.2) is 0 Å². The van der Waals surface area contributed by atoms with E-state index in [1.165, 1.54) is 6.42 Å². The van der Waals surface area contributed by atoms with Crippen molar-refractivity contribution in [3.05, 3.63) is 0 Å². The average Bonchev–Trinajstić information content (AvgIpc) is 2.63. The van der Waals surface area contributed by atoms with Gasteiger partial charge in [0.05, 0.1) is 12.2 Å². The van der Waals surface area contributed by atoms with Gasteiger partial charge in [-0.05, 0) is 38.0 Å². The van der Waals surface area contributed by atoms with Crippen LogP contribution >= 0.6 is 0 Å². The van der Waals surface area contributed by atoms with Crippen molar-refractivity contribution in [3.63, 3.8) is 0 Å². The summed E-state index contributed by atoms with van der Waals surface area (Å²) in [5.41, 5.74) is 0. The first-order valence-electron chi connectivity index (χ1n) is 7.46. The number of amides is 1. The van der Waals surface area contributed by atoms with E-state index in [4.69, 9.17) is 0 Å². The second-order valence-corrected chi connectivity index (χ2v) is 6.38. The van der Waals surface area contributed by atoms with E-state index in [9.17, 15) is 4.79 Å². The molecule has 1 aliphatic rings. The van der Waals surface area contributed by atoms with E-state index < -0.39 is 0 Å². The zero-order chi connectivity index (χ0) is 13.9. The summed E-state index contributed by atoms with van der Waals surface area (Å²) >= 11 is 0. The molecule has 0 aliphatic carbocycles. The molecule has 3 unspecified atom stereocenters. The molecule has 0 aromatic rings. The fourth-order valence-corrected chi connectivity index (χ4v) is 2.70. The number of nitrogens with zero attached hydrogens (tertiary/aromatic N) is 1. The molecule has 0 bridgehead atoms. The van der Waals surface area contributed by atoms with Crippen LogP contribution in [0, 0.1) is 11.8 Å². The molecule has 106 valence electrons. The van der Waals surface area contributed by atoms with Crippen molar-refractivity contribution in [2.24, 2.45) is 11.8 Å². The summed E-state index contributed by atoms with van der Waals surface area (Å²) in [5, 5.41) is 3.48. The van der Waals surface area contributed by atoms with Crippen molar-refractivity contribution >= 4 is 5.91 Å². The molecule has 3 nitrogen and oxygen atoms in total. The minimum Gasteiger partial charge on any atom is -0.323 e. The Kier molecular flexibility index (Phi) is 5.64. The first-order chi connectivity index (χ1) is 8.38. The van der Waals surface area contributed by atoms with Crippen molar-refractivity contribution in [2.45, 2.75) is 79.1 Å². The van der Waals surface area contributed by atoms with Gasteiger partial charge >= 0.3 is 0 Å². The molecular formula is C15H30N2O. The van der Waals surface area contributed by atoms with E-state index in [0.29, 0.717) is 23.8 Å². The SMILES string of the molecule is CCC1NC(C(C)C)C(=O)N1C(C)CCC(C)C. The molecule has 1 amide bonds. The first kappa shape index (κ1) is 15.5. The maximum absolute atomic E-state index is 12.5. The summed E-state index contributed by atoms with van der Waals surface area (Å²) in [5.74, 6) is 1.38. The summed E-state index contributed by atoms with van der Waals surface area (Å²) in [7, 11) is 0. The van der Waals surface area contributed by atoms with Crippen LogP contribution in [0.25, 0.3) is 0 Å². The lowest BCUT2D eigenvalue weighted by Gasteiger charge is -2.30. The molecule has 0 saturated carbocycles. The molecule has 0 aromatic heterocycles. The van der Waals surface area contributed by atoms with Crippen LogP contribution < -0.4 is 5.32 Å². The Morgan fingerprint density at radius 2 is 1.78 bits per heavy atom. The van der Waals surface area contributed by atoms with Crippen molar-refractivity contribution in [2.75, 3.05) is 0 Å². The summed E-state index contributed by atoms with van der Waals surface area (Å²) < 4.78 is 0. The molecule has 1 fully saturated rings. The summed E-state index contributed by atoms with van der Waals surface area (Å²) in [6.45, 7) is 13.0. The molecule has 1 rings (SSSR count). The minimum atomic E-state index is 0.0106. The summed E-state index contributed by atoms with van der Waals surface area (Å²) in [4.78, 5) is 14.6. The fourth-order valence-electron chi connectivity index (χ4n) is 2.70. The molecule has 0 aromatic carbocycles. The third-order valence-corrected chi connectivity index (χ3v) is 3.92. The first-order valence-corrected chi connectivity index (χ1v) is 7.46. The Balaban J connectivity index is 2.69. The molecule has 3 atom stereocenters. The Labute approximate surface area is 112 Å². The zero-order valence-corrected chi connectivity index (χ0v) is 12.9. The third kappa shape index (κ3) is 3.47. The van der Waals surface area contributed by atoms with Crippen LogP contribution in [0.4, 0.5) is 0 Å². The highest BCUT2D eigenvalue weighted by atomic mass is 16.2. The molecule has 1 heterocycles. The van der Waals surface area contributed by atoms with Gasteiger partial charge < -0.3 is 4.90 Å². The van der Waals surface area contributed by atoms with Gasteiger partial charge in [-0.25, -0.2) is 0 Å². The fraction of sp³-hybridized carbons (Fsp3) is 0.933. The minimum absolute atomic E-state index is 0.0106. The lowest BCUT2D eigenvalue weighted by molar-refractivity contribution is -0.132. The van der Waals surface area contributed by atoms with Crippen LogP contribution in [-0.2, 0) is 4.79 Å². The molecular weight excluding hydrogens is 224 g/mol. The molecule has 1 aliphatic heterocycles. The largest absolute Gasteiger partial charge is 0.323 e. The highest BCUT2D eigenvalue weighted by Gasteiger charge is 2.41. The van der Waals surface area contributed by atoms with Crippen molar-refractivity contribution in [1.82, 2.24) is 10.2 Å². The van der Waals surface area contributed by atoms with Crippen LogP contribution in [0.2, 0.25) is 0 Å². The maximum Gasteiger partial charge on any atom is 0.241 e. The van der Waals surface area contributed by atoms with E-state index in [1.54, 1.807) is 0 Å².